The van der Waals surface area contributed by atoms with Crippen LogP contribution in [0.15, 0.2) is 36.4 Å². The standard InChI is InChI=1S/C29H38N2O4/c1-17-20(27(30)33)15-23(31(17)16-18-10-11-24(34-8)25(12-18)35-9)19-13-21(28(2,3)4)26(32)22(14-19)29(5,6)7/h10-15,32H,16H2,1-9H3,(H2,30,33). The molecule has 0 aliphatic rings. The molecule has 0 aliphatic carbocycles. The molecule has 3 N–H and O–H groups in total. The van der Waals surface area contributed by atoms with E-state index in [1.54, 1.807) is 14.2 Å². The Labute approximate surface area is 208 Å². The normalized spacial score (nSPS) is 12.0. The summed E-state index contributed by atoms with van der Waals surface area (Å²) in [5.74, 6) is 1.14. The lowest BCUT2D eigenvalue weighted by Gasteiger charge is -2.28. The second-order valence-corrected chi connectivity index (χ2v) is 11.1. The van der Waals surface area contributed by atoms with E-state index in [9.17, 15) is 9.90 Å². The molecule has 6 heteroatoms. The molecule has 1 heterocycles. The van der Waals surface area contributed by atoms with Crippen molar-refractivity contribution in [3.05, 3.63) is 64.3 Å². The fourth-order valence-electron chi connectivity index (χ4n) is 4.42. The number of hydrogen-bond donors (Lipinski definition) is 2. The lowest BCUT2D eigenvalue weighted by atomic mass is 9.78. The molecule has 0 saturated carbocycles. The van der Waals surface area contributed by atoms with Crippen LogP contribution in [0.2, 0.25) is 0 Å². The average Bonchev–Trinajstić information content (AvgIpc) is 3.08. The van der Waals surface area contributed by atoms with Crippen LogP contribution in [0.25, 0.3) is 11.3 Å². The highest BCUT2D eigenvalue weighted by atomic mass is 16.5. The second-order valence-electron chi connectivity index (χ2n) is 11.1. The highest BCUT2D eigenvalue weighted by Crippen LogP contribution is 2.42. The van der Waals surface area contributed by atoms with Gasteiger partial charge in [-0.25, -0.2) is 0 Å². The maximum Gasteiger partial charge on any atom is 0.250 e. The number of benzene rings is 2. The number of carbonyl (C=O) groups excluding carboxylic acids is 1. The van der Waals surface area contributed by atoms with Crippen molar-refractivity contribution in [1.82, 2.24) is 4.57 Å². The molecule has 35 heavy (non-hydrogen) atoms. The number of nitrogens with zero attached hydrogens (tertiary/aromatic N) is 1. The number of primary amides is 1. The molecule has 0 bridgehead atoms. The van der Waals surface area contributed by atoms with Crippen LogP contribution in [-0.2, 0) is 17.4 Å². The van der Waals surface area contributed by atoms with Crippen molar-refractivity contribution in [3.8, 4) is 28.5 Å². The van der Waals surface area contributed by atoms with E-state index in [1.807, 2.05) is 43.3 Å². The van der Waals surface area contributed by atoms with Gasteiger partial charge >= 0.3 is 0 Å². The molecule has 1 amide bonds. The molecular weight excluding hydrogens is 440 g/mol. The number of carbonyl (C=O) groups is 1. The summed E-state index contributed by atoms with van der Waals surface area (Å²) in [6.45, 7) is 14.9. The third-order valence-electron chi connectivity index (χ3n) is 6.44. The minimum Gasteiger partial charge on any atom is -0.507 e. The van der Waals surface area contributed by atoms with Crippen LogP contribution < -0.4 is 15.2 Å². The molecule has 188 valence electrons. The minimum absolute atomic E-state index is 0.275. The molecule has 0 atom stereocenters. The number of aromatic nitrogens is 1. The van der Waals surface area contributed by atoms with Gasteiger partial charge in [0, 0.05) is 29.1 Å². The van der Waals surface area contributed by atoms with E-state index in [4.69, 9.17) is 15.2 Å². The lowest BCUT2D eigenvalue weighted by molar-refractivity contribution is 0.0999. The van der Waals surface area contributed by atoms with E-state index in [0.29, 0.717) is 29.4 Å². The number of phenolic OH excluding ortho intramolecular Hbond substituents is 1. The summed E-state index contributed by atoms with van der Waals surface area (Å²) in [7, 11) is 3.22. The molecule has 0 aliphatic heterocycles. The van der Waals surface area contributed by atoms with Crippen molar-refractivity contribution in [2.75, 3.05) is 14.2 Å². The van der Waals surface area contributed by atoms with E-state index in [2.05, 4.69) is 46.1 Å². The Morgan fingerprint density at radius 1 is 0.914 bits per heavy atom. The molecule has 6 nitrogen and oxygen atoms in total. The average molecular weight is 479 g/mol. The lowest BCUT2D eigenvalue weighted by Crippen LogP contribution is -2.17. The van der Waals surface area contributed by atoms with E-state index >= 15 is 0 Å². The van der Waals surface area contributed by atoms with Crippen LogP contribution in [0.4, 0.5) is 0 Å². The summed E-state index contributed by atoms with van der Waals surface area (Å²) >= 11 is 0. The van der Waals surface area contributed by atoms with Crippen LogP contribution in [0.3, 0.4) is 0 Å². The third-order valence-corrected chi connectivity index (χ3v) is 6.44. The summed E-state index contributed by atoms with van der Waals surface area (Å²) in [5, 5.41) is 11.2. The molecule has 0 radical (unpaired) electrons. The zero-order chi connectivity index (χ0) is 26.3. The van der Waals surface area contributed by atoms with Gasteiger partial charge in [-0.05, 0) is 59.2 Å². The second kappa shape index (κ2) is 9.33. The van der Waals surface area contributed by atoms with Crippen molar-refractivity contribution >= 4 is 5.91 Å². The Morgan fingerprint density at radius 3 is 1.91 bits per heavy atom. The van der Waals surface area contributed by atoms with Gasteiger partial charge in [-0.2, -0.15) is 0 Å². The molecular formula is C29H38N2O4. The Balaban J connectivity index is 2.28. The summed E-state index contributed by atoms with van der Waals surface area (Å²) in [4.78, 5) is 12.3. The number of phenols is 1. The first-order valence-electron chi connectivity index (χ1n) is 11.8. The Kier molecular flexibility index (Phi) is 6.98. The number of aromatic hydroxyl groups is 1. The van der Waals surface area contributed by atoms with Crippen molar-refractivity contribution in [2.24, 2.45) is 5.73 Å². The predicted octanol–water partition coefficient (Wildman–Crippen LogP) is 5.93. The van der Waals surface area contributed by atoms with Crippen LogP contribution in [0.1, 0.15) is 74.3 Å². The topological polar surface area (TPSA) is 86.7 Å². The molecule has 0 fully saturated rings. The molecule has 1 aromatic heterocycles. The van der Waals surface area contributed by atoms with Crippen LogP contribution in [-0.4, -0.2) is 29.8 Å². The van der Waals surface area contributed by atoms with Gasteiger partial charge in [0.2, 0.25) is 0 Å². The maximum atomic E-state index is 12.3. The Hall–Kier alpha value is -3.41. The first kappa shape index (κ1) is 26.2. The van der Waals surface area contributed by atoms with Crippen LogP contribution in [0.5, 0.6) is 17.2 Å². The van der Waals surface area contributed by atoms with Gasteiger partial charge in [-0.3, -0.25) is 4.79 Å². The monoisotopic (exact) mass is 478 g/mol. The molecule has 3 rings (SSSR count). The first-order chi connectivity index (χ1) is 16.2. The Bertz CT molecular complexity index is 1220. The first-order valence-corrected chi connectivity index (χ1v) is 11.8. The van der Waals surface area contributed by atoms with Crippen molar-refractivity contribution in [3.63, 3.8) is 0 Å². The summed E-state index contributed by atoms with van der Waals surface area (Å²) in [6.07, 6.45) is 0. The number of rotatable bonds is 6. The Morgan fingerprint density at radius 2 is 1.46 bits per heavy atom. The summed E-state index contributed by atoms with van der Waals surface area (Å²) in [6, 6.07) is 11.7. The summed E-state index contributed by atoms with van der Waals surface area (Å²) < 4.78 is 13.0. The molecule has 0 spiro atoms. The zero-order valence-corrected chi connectivity index (χ0v) is 22.4. The fraction of sp³-hybridized carbons (Fsp3) is 0.414. The van der Waals surface area contributed by atoms with Crippen molar-refractivity contribution in [2.45, 2.75) is 65.8 Å². The predicted molar refractivity (Wildman–Crippen MR) is 141 cm³/mol. The molecule has 0 unspecified atom stereocenters. The SMILES string of the molecule is COc1ccc(Cn2c(-c3cc(C(C)(C)C)c(O)c(C(C)(C)C)c3)cc(C(N)=O)c2C)cc1OC. The largest absolute Gasteiger partial charge is 0.507 e. The highest BCUT2D eigenvalue weighted by molar-refractivity contribution is 5.95. The third kappa shape index (κ3) is 5.16. The summed E-state index contributed by atoms with van der Waals surface area (Å²) in [5.41, 5.74) is 10.9. The highest BCUT2D eigenvalue weighted by Gasteiger charge is 2.28. The van der Waals surface area contributed by atoms with Gasteiger partial charge in [0.1, 0.15) is 5.75 Å². The zero-order valence-electron chi connectivity index (χ0n) is 22.4. The quantitative estimate of drug-likeness (QED) is 0.460. The van der Waals surface area contributed by atoms with Crippen molar-refractivity contribution in [1.29, 1.82) is 0 Å². The van der Waals surface area contributed by atoms with Crippen LogP contribution >= 0.6 is 0 Å². The maximum absolute atomic E-state index is 12.3. The van der Waals surface area contributed by atoms with Gasteiger partial charge in [0.25, 0.3) is 5.91 Å². The minimum atomic E-state index is -0.472. The number of methoxy groups -OCH3 is 2. The van der Waals surface area contributed by atoms with Gasteiger partial charge in [0.15, 0.2) is 11.5 Å². The number of nitrogens with two attached hydrogens (primary N) is 1. The van der Waals surface area contributed by atoms with E-state index in [1.165, 1.54) is 0 Å². The smallest absolute Gasteiger partial charge is 0.250 e. The van der Waals surface area contributed by atoms with Crippen molar-refractivity contribution < 1.29 is 19.4 Å². The fourth-order valence-corrected chi connectivity index (χ4v) is 4.42. The molecule has 0 saturated heterocycles. The molecule has 3 aromatic rings. The van der Waals surface area contributed by atoms with E-state index in [-0.39, 0.29) is 10.8 Å². The van der Waals surface area contributed by atoms with Gasteiger partial charge in [-0.15, -0.1) is 0 Å². The number of hydrogen-bond acceptors (Lipinski definition) is 4. The number of amides is 1. The van der Waals surface area contributed by atoms with Gasteiger partial charge in [0.05, 0.1) is 19.8 Å². The van der Waals surface area contributed by atoms with E-state index < -0.39 is 5.91 Å². The van der Waals surface area contributed by atoms with E-state index in [0.717, 1.165) is 33.6 Å². The van der Waals surface area contributed by atoms with Crippen LogP contribution in [0, 0.1) is 6.92 Å². The number of ether oxygens (including phenoxy) is 2. The van der Waals surface area contributed by atoms with Gasteiger partial charge < -0.3 is 24.9 Å². The molecule has 2 aromatic carbocycles. The van der Waals surface area contributed by atoms with Gasteiger partial charge in [-0.1, -0.05) is 47.6 Å².